The maximum absolute atomic E-state index is 8.82. The van der Waals surface area contributed by atoms with Crippen molar-refractivity contribution in [1.82, 2.24) is 0 Å². The zero-order valence-corrected chi connectivity index (χ0v) is 10.8. The standard InChI is InChI=1S/C13H15BrN2/c14-12-9-11(10-15)5-6-13(12)16-7-3-1-2-4-8-16/h5-6,9H,1-4,7-8H2. The number of rotatable bonds is 1. The normalized spacial score (nSPS) is 16.6. The van der Waals surface area contributed by atoms with E-state index in [0.29, 0.717) is 5.56 Å². The largest absolute Gasteiger partial charge is 0.371 e. The van der Waals surface area contributed by atoms with Gasteiger partial charge >= 0.3 is 0 Å². The van der Waals surface area contributed by atoms with Gasteiger partial charge in [0, 0.05) is 17.6 Å². The molecule has 1 aromatic rings. The van der Waals surface area contributed by atoms with Crippen molar-refractivity contribution in [1.29, 1.82) is 5.26 Å². The van der Waals surface area contributed by atoms with Crippen molar-refractivity contribution in [3.05, 3.63) is 28.2 Å². The van der Waals surface area contributed by atoms with E-state index in [2.05, 4.69) is 26.9 Å². The zero-order valence-electron chi connectivity index (χ0n) is 9.25. The van der Waals surface area contributed by atoms with Crippen LogP contribution in [0.2, 0.25) is 0 Å². The summed E-state index contributed by atoms with van der Waals surface area (Å²) in [6.07, 6.45) is 5.22. The highest BCUT2D eigenvalue weighted by atomic mass is 79.9. The minimum absolute atomic E-state index is 0.713. The molecule has 1 aromatic carbocycles. The van der Waals surface area contributed by atoms with Crippen LogP contribution in [0.1, 0.15) is 31.2 Å². The lowest BCUT2D eigenvalue weighted by Gasteiger charge is -2.23. The van der Waals surface area contributed by atoms with Crippen molar-refractivity contribution < 1.29 is 0 Å². The van der Waals surface area contributed by atoms with Crippen LogP contribution in [0.5, 0.6) is 0 Å². The molecule has 16 heavy (non-hydrogen) atoms. The van der Waals surface area contributed by atoms with Gasteiger partial charge in [0.15, 0.2) is 0 Å². The van der Waals surface area contributed by atoms with Gasteiger partial charge in [0.1, 0.15) is 0 Å². The van der Waals surface area contributed by atoms with E-state index in [-0.39, 0.29) is 0 Å². The fourth-order valence-corrected chi connectivity index (χ4v) is 2.77. The molecule has 0 unspecified atom stereocenters. The predicted molar refractivity (Wildman–Crippen MR) is 69.5 cm³/mol. The topological polar surface area (TPSA) is 27.0 Å². The third-order valence-electron chi connectivity index (χ3n) is 3.02. The Kier molecular flexibility index (Phi) is 3.84. The SMILES string of the molecule is N#Cc1ccc(N2CCCCCC2)c(Br)c1. The lowest BCUT2D eigenvalue weighted by atomic mass is 10.2. The first-order valence-electron chi connectivity index (χ1n) is 5.76. The quantitative estimate of drug-likeness (QED) is 0.783. The van der Waals surface area contributed by atoms with Crippen molar-refractivity contribution in [2.75, 3.05) is 18.0 Å². The second-order valence-electron chi connectivity index (χ2n) is 4.18. The summed E-state index contributed by atoms with van der Waals surface area (Å²) in [5.74, 6) is 0. The van der Waals surface area contributed by atoms with Gasteiger partial charge < -0.3 is 4.90 Å². The minimum atomic E-state index is 0.713. The molecule has 0 bridgehead atoms. The molecule has 3 heteroatoms. The molecule has 1 fully saturated rings. The fraction of sp³-hybridized carbons (Fsp3) is 0.462. The van der Waals surface area contributed by atoms with E-state index in [0.717, 1.165) is 17.6 Å². The van der Waals surface area contributed by atoms with Crippen LogP contribution in [-0.4, -0.2) is 13.1 Å². The Bertz CT molecular complexity index is 401. The van der Waals surface area contributed by atoms with Crippen LogP contribution in [0.25, 0.3) is 0 Å². The lowest BCUT2D eigenvalue weighted by Crippen LogP contribution is -2.24. The van der Waals surface area contributed by atoms with E-state index in [1.54, 1.807) is 0 Å². The number of halogens is 1. The molecule has 0 saturated carbocycles. The van der Waals surface area contributed by atoms with Gasteiger partial charge in [0.2, 0.25) is 0 Å². The van der Waals surface area contributed by atoms with Gasteiger partial charge in [-0.25, -0.2) is 0 Å². The molecule has 1 aliphatic heterocycles. The Morgan fingerprint density at radius 1 is 1.12 bits per heavy atom. The van der Waals surface area contributed by atoms with Crippen LogP contribution in [-0.2, 0) is 0 Å². The highest BCUT2D eigenvalue weighted by Gasteiger charge is 2.12. The molecule has 1 aliphatic rings. The van der Waals surface area contributed by atoms with Crippen molar-refractivity contribution in [3.8, 4) is 6.07 Å². The average molecular weight is 279 g/mol. The summed E-state index contributed by atoms with van der Waals surface area (Å²) in [5, 5.41) is 8.82. The Labute approximate surface area is 105 Å². The molecule has 0 spiro atoms. The zero-order chi connectivity index (χ0) is 11.4. The van der Waals surface area contributed by atoms with Gasteiger partial charge in [-0.15, -0.1) is 0 Å². The van der Waals surface area contributed by atoms with Gasteiger partial charge in [-0.1, -0.05) is 12.8 Å². The maximum Gasteiger partial charge on any atom is 0.0992 e. The summed E-state index contributed by atoms with van der Waals surface area (Å²) in [4.78, 5) is 2.41. The maximum atomic E-state index is 8.82. The van der Waals surface area contributed by atoms with Crippen LogP contribution in [0.3, 0.4) is 0 Å². The van der Waals surface area contributed by atoms with Crippen molar-refractivity contribution in [2.24, 2.45) is 0 Å². The molecular weight excluding hydrogens is 264 g/mol. The van der Waals surface area contributed by atoms with E-state index >= 15 is 0 Å². The number of hydrogen-bond donors (Lipinski definition) is 0. The van der Waals surface area contributed by atoms with Crippen LogP contribution < -0.4 is 4.90 Å². The van der Waals surface area contributed by atoms with E-state index in [1.165, 1.54) is 31.4 Å². The molecule has 0 atom stereocenters. The Hall–Kier alpha value is -1.01. The first kappa shape index (κ1) is 11.5. The summed E-state index contributed by atoms with van der Waals surface area (Å²) >= 11 is 3.56. The van der Waals surface area contributed by atoms with Gasteiger partial charge in [-0.05, 0) is 47.0 Å². The Balaban J connectivity index is 2.22. The lowest BCUT2D eigenvalue weighted by molar-refractivity contribution is 0.726. The minimum Gasteiger partial charge on any atom is -0.371 e. The summed E-state index contributed by atoms with van der Waals surface area (Å²) in [7, 11) is 0. The van der Waals surface area contributed by atoms with Gasteiger partial charge in [0.05, 0.1) is 17.3 Å². The highest BCUT2D eigenvalue weighted by molar-refractivity contribution is 9.10. The fourth-order valence-electron chi connectivity index (χ4n) is 2.14. The summed E-state index contributed by atoms with van der Waals surface area (Å²) in [6, 6.07) is 8.01. The second-order valence-corrected chi connectivity index (χ2v) is 5.03. The molecule has 0 amide bonds. The Morgan fingerprint density at radius 3 is 2.38 bits per heavy atom. The first-order chi connectivity index (χ1) is 7.81. The van der Waals surface area contributed by atoms with Crippen LogP contribution in [0.15, 0.2) is 22.7 Å². The highest BCUT2D eigenvalue weighted by Crippen LogP contribution is 2.29. The smallest absolute Gasteiger partial charge is 0.0992 e. The number of anilines is 1. The summed E-state index contributed by atoms with van der Waals surface area (Å²) in [6.45, 7) is 2.26. The number of benzene rings is 1. The molecule has 1 saturated heterocycles. The number of nitriles is 1. The van der Waals surface area contributed by atoms with Crippen molar-refractivity contribution in [2.45, 2.75) is 25.7 Å². The van der Waals surface area contributed by atoms with E-state index < -0.39 is 0 Å². The molecule has 2 rings (SSSR count). The summed E-state index contributed by atoms with van der Waals surface area (Å²) in [5.41, 5.74) is 1.94. The van der Waals surface area contributed by atoms with Crippen molar-refractivity contribution in [3.63, 3.8) is 0 Å². The summed E-state index contributed by atoms with van der Waals surface area (Å²) < 4.78 is 1.04. The molecule has 0 N–H and O–H groups in total. The first-order valence-corrected chi connectivity index (χ1v) is 6.55. The molecule has 84 valence electrons. The molecule has 1 heterocycles. The molecular formula is C13H15BrN2. The van der Waals surface area contributed by atoms with E-state index in [9.17, 15) is 0 Å². The van der Waals surface area contributed by atoms with Crippen LogP contribution in [0, 0.1) is 11.3 Å². The number of nitrogens with zero attached hydrogens (tertiary/aromatic N) is 2. The predicted octanol–water partition coefficient (Wildman–Crippen LogP) is 3.70. The monoisotopic (exact) mass is 278 g/mol. The molecule has 0 radical (unpaired) electrons. The third-order valence-corrected chi connectivity index (χ3v) is 3.66. The average Bonchev–Trinajstić information content (AvgIpc) is 2.57. The third kappa shape index (κ3) is 2.56. The molecule has 2 nitrogen and oxygen atoms in total. The number of hydrogen-bond acceptors (Lipinski definition) is 2. The molecule has 0 aliphatic carbocycles. The van der Waals surface area contributed by atoms with Gasteiger partial charge in [-0.3, -0.25) is 0 Å². The van der Waals surface area contributed by atoms with E-state index in [4.69, 9.17) is 5.26 Å². The second kappa shape index (κ2) is 5.36. The van der Waals surface area contributed by atoms with Crippen LogP contribution in [0.4, 0.5) is 5.69 Å². The molecule has 0 aromatic heterocycles. The van der Waals surface area contributed by atoms with Gasteiger partial charge in [0.25, 0.3) is 0 Å². The van der Waals surface area contributed by atoms with Crippen molar-refractivity contribution >= 4 is 21.6 Å². The van der Waals surface area contributed by atoms with Gasteiger partial charge in [-0.2, -0.15) is 5.26 Å². The van der Waals surface area contributed by atoms with E-state index in [1.807, 2.05) is 18.2 Å². The van der Waals surface area contributed by atoms with Crippen LogP contribution >= 0.6 is 15.9 Å². The Morgan fingerprint density at radius 2 is 1.81 bits per heavy atom.